The van der Waals surface area contributed by atoms with Gasteiger partial charge >= 0.3 is 5.97 Å². The standard InChI is InChI=1S/C11H21NO3/c1-7(2)10(15)12-11(5,8(3)4)6-9(13)14/h7-8H,6H2,1-5H3,(H,12,15)(H,13,14). The number of carbonyl (C=O) groups excluding carboxylic acids is 1. The Kier molecular flexibility index (Phi) is 4.78. The maximum Gasteiger partial charge on any atom is 0.305 e. The minimum Gasteiger partial charge on any atom is -0.481 e. The van der Waals surface area contributed by atoms with Crippen LogP contribution in [0.3, 0.4) is 0 Å². The van der Waals surface area contributed by atoms with Gasteiger partial charge in [0, 0.05) is 11.5 Å². The summed E-state index contributed by atoms with van der Waals surface area (Å²) in [6.07, 6.45) is -0.0525. The molecule has 0 rings (SSSR count). The summed E-state index contributed by atoms with van der Waals surface area (Å²) in [4.78, 5) is 22.3. The Morgan fingerprint density at radius 2 is 1.73 bits per heavy atom. The highest BCUT2D eigenvalue weighted by Crippen LogP contribution is 2.21. The van der Waals surface area contributed by atoms with Gasteiger partial charge in [-0.15, -0.1) is 0 Å². The average molecular weight is 215 g/mol. The van der Waals surface area contributed by atoms with Crippen LogP contribution in [-0.4, -0.2) is 22.5 Å². The lowest BCUT2D eigenvalue weighted by Gasteiger charge is -2.34. The molecule has 0 aliphatic heterocycles. The van der Waals surface area contributed by atoms with E-state index in [1.54, 1.807) is 20.8 Å². The van der Waals surface area contributed by atoms with E-state index in [1.165, 1.54) is 0 Å². The molecule has 0 fully saturated rings. The van der Waals surface area contributed by atoms with Gasteiger partial charge in [-0.2, -0.15) is 0 Å². The van der Waals surface area contributed by atoms with Crippen LogP contribution in [0.4, 0.5) is 0 Å². The van der Waals surface area contributed by atoms with Gasteiger partial charge < -0.3 is 10.4 Å². The molecule has 88 valence electrons. The molecule has 0 radical (unpaired) electrons. The molecule has 15 heavy (non-hydrogen) atoms. The van der Waals surface area contributed by atoms with Gasteiger partial charge in [-0.25, -0.2) is 0 Å². The second-order valence-electron chi connectivity index (χ2n) is 4.79. The number of hydrogen-bond acceptors (Lipinski definition) is 2. The number of hydrogen-bond donors (Lipinski definition) is 2. The van der Waals surface area contributed by atoms with E-state index in [9.17, 15) is 9.59 Å². The number of rotatable bonds is 5. The molecule has 2 N–H and O–H groups in total. The van der Waals surface area contributed by atoms with Crippen LogP contribution in [-0.2, 0) is 9.59 Å². The predicted molar refractivity (Wildman–Crippen MR) is 58.5 cm³/mol. The van der Waals surface area contributed by atoms with Crippen LogP contribution >= 0.6 is 0 Å². The zero-order chi connectivity index (χ0) is 12.2. The van der Waals surface area contributed by atoms with Crippen molar-refractivity contribution in [1.82, 2.24) is 5.32 Å². The van der Waals surface area contributed by atoms with Crippen LogP contribution < -0.4 is 5.32 Å². The van der Waals surface area contributed by atoms with Crippen molar-refractivity contribution in [1.29, 1.82) is 0 Å². The number of amides is 1. The number of nitrogens with one attached hydrogen (secondary N) is 1. The first-order valence-electron chi connectivity index (χ1n) is 5.23. The topological polar surface area (TPSA) is 66.4 Å². The number of carboxylic acid groups (broad SMARTS) is 1. The van der Waals surface area contributed by atoms with Crippen LogP contribution in [0, 0.1) is 11.8 Å². The normalized spacial score (nSPS) is 15.1. The van der Waals surface area contributed by atoms with Crippen molar-refractivity contribution in [3.8, 4) is 0 Å². The maximum absolute atomic E-state index is 11.5. The minimum absolute atomic E-state index is 0.0525. The van der Waals surface area contributed by atoms with E-state index in [1.807, 2.05) is 13.8 Å². The van der Waals surface area contributed by atoms with E-state index in [-0.39, 0.29) is 24.2 Å². The van der Waals surface area contributed by atoms with E-state index >= 15 is 0 Å². The molecule has 1 unspecified atom stereocenters. The molecule has 0 heterocycles. The first-order valence-corrected chi connectivity index (χ1v) is 5.23. The largest absolute Gasteiger partial charge is 0.481 e. The Balaban J connectivity index is 4.66. The number of carbonyl (C=O) groups is 2. The summed E-state index contributed by atoms with van der Waals surface area (Å²) in [5, 5.41) is 11.6. The van der Waals surface area contributed by atoms with Gasteiger partial charge in [0.15, 0.2) is 0 Å². The van der Waals surface area contributed by atoms with Crippen molar-refractivity contribution in [3.63, 3.8) is 0 Å². The summed E-state index contributed by atoms with van der Waals surface area (Å²) in [5.41, 5.74) is -0.673. The third-order valence-corrected chi connectivity index (χ3v) is 2.73. The fourth-order valence-electron chi connectivity index (χ4n) is 1.13. The quantitative estimate of drug-likeness (QED) is 0.732. The third kappa shape index (κ3) is 4.32. The predicted octanol–water partition coefficient (Wildman–Crippen LogP) is 1.65. The van der Waals surface area contributed by atoms with Crippen LogP contribution in [0.25, 0.3) is 0 Å². The van der Waals surface area contributed by atoms with Gasteiger partial charge in [0.25, 0.3) is 0 Å². The highest BCUT2D eigenvalue weighted by Gasteiger charge is 2.33. The van der Waals surface area contributed by atoms with Crippen molar-refractivity contribution >= 4 is 11.9 Å². The van der Waals surface area contributed by atoms with Crippen molar-refractivity contribution in [3.05, 3.63) is 0 Å². The van der Waals surface area contributed by atoms with Gasteiger partial charge in [-0.05, 0) is 12.8 Å². The lowest BCUT2D eigenvalue weighted by molar-refractivity contribution is -0.139. The fourth-order valence-corrected chi connectivity index (χ4v) is 1.13. The summed E-state index contributed by atoms with van der Waals surface area (Å²) < 4.78 is 0. The zero-order valence-electron chi connectivity index (χ0n) is 10.1. The van der Waals surface area contributed by atoms with Crippen LogP contribution in [0.1, 0.15) is 41.0 Å². The molecule has 0 aromatic heterocycles. The van der Waals surface area contributed by atoms with Crippen LogP contribution in [0.15, 0.2) is 0 Å². The molecule has 0 aliphatic carbocycles. The van der Waals surface area contributed by atoms with Gasteiger partial charge in [-0.3, -0.25) is 9.59 Å². The molecule has 4 heteroatoms. The van der Waals surface area contributed by atoms with Crippen molar-refractivity contribution in [2.45, 2.75) is 46.6 Å². The molecule has 0 bridgehead atoms. The molecule has 0 aromatic carbocycles. The smallest absolute Gasteiger partial charge is 0.305 e. The molecule has 1 atom stereocenters. The summed E-state index contributed by atoms with van der Waals surface area (Å²) in [7, 11) is 0. The Morgan fingerprint density at radius 3 is 2.00 bits per heavy atom. The highest BCUT2D eigenvalue weighted by atomic mass is 16.4. The maximum atomic E-state index is 11.5. The van der Waals surface area contributed by atoms with Crippen LogP contribution in [0.2, 0.25) is 0 Å². The molecule has 0 aliphatic rings. The molecular formula is C11H21NO3. The second-order valence-corrected chi connectivity index (χ2v) is 4.79. The van der Waals surface area contributed by atoms with Crippen molar-refractivity contribution in [2.75, 3.05) is 0 Å². The number of carboxylic acids is 1. The van der Waals surface area contributed by atoms with E-state index in [0.717, 1.165) is 0 Å². The summed E-state index contributed by atoms with van der Waals surface area (Å²) >= 11 is 0. The molecule has 1 amide bonds. The Hall–Kier alpha value is -1.06. The summed E-state index contributed by atoms with van der Waals surface area (Å²) in [5.74, 6) is -1.05. The lowest BCUT2D eigenvalue weighted by Crippen LogP contribution is -2.52. The third-order valence-electron chi connectivity index (χ3n) is 2.73. The molecule has 0 saturated heterocycles. The first-order chi connectivity index (χ1) is 6.69. The van der Waals surface area contributed by atoms with Crippen molar-refractivity contribution in [2.24, 2.45) is 11.8 Å². The highest BCUT2D eigenvalue weighted by molar-refractivity contribution is 5.79. The fraction of sp³-hybridized carbons (Fsp3) is 0.818. The van der Waals surface area contributed by atoms with Gasteiger partial charge in [0.2, 0.25) is 5.91 Å². The van der Waals surface area contributed by atoms with E-state index < -0.39 is 11.5 Å². The van der Waals surface area contributed by atoms with Crippen LogP contribution in [0.5, 0.6) is 0 Å². The van der Waals surface area contributed by atoms with Gasteiger partial charge in [0.1, 0.15) is 0 Å². The van der Waals surface area contributed by atoms with Crippen molar-refractivity contribution < 1.29 is 14.7 Å². The van der Waals surface area contributed by atoms with Gasteiger partial charge in [-0.1, -0.05) is 27.7 Å². The average Bonchev–Trinajstić information content (AvgIpc) is 2.01. The lowest BCUT2D eigenvalue weighted by atomic mass is 9.84. The minimum atomic E-state index is -0.893. The molecular weight excluding hydrogens is 194 g/mol. The molecule has 0 saturated carbocycles. The monoisotopic (exact) mass is 215 g/mol. The Labute approximate surface area is 91.1 Å². The van der Waals surface area contributed by atoms with Gasteiger partial charge in [0.05, 0.1) is 6.42 Å². The van der Waals surface area contributed by atoms with E-state index in [2.05, 4.69) is 5.32 Å². The Morgan fingerprint density at radius 1 is 1.27 bits per heavy atom. The first kappa shape index (κ1) is 13.9. The molecule has 0 aromatic rings. The Bertz CT molecular complexity index is 248. The summed E-state index contributed by atoms with van der Waals surface area (Å²) in [6.45, 7) is 9.16. The SMILES string of the molecule is CC(C)C(=O)NC(C)(CC(=O)O)C(C)C. The van der Waals surface area contributed by atoms with E-state index in [4.69, 9.17) is 5.11 Å². The zero-order valence-corrected chi connectivity index (χ0v) is 10.1. The molecule has 4 nitrogen and oxygen atoms in total. The molecule has 0 spiro atoms. The summed E-state index contributed by atoms with van der Waals surface area (Å²) in [6, 6.07) is 0. The second kappa shape index (κ2) is 5.14. The van der Waals surface area contributed by atoms with E-state index in [0.29, 0.717) is 0 Å². The number of aliphatic carboxylic acids is 1.